The number of nitrogens with one attached hydrogen (secondary N) is 1. The van der Waals surface area contributed by atoms with Crippen molar-refractivity contribution in [2.24, 2.45) is 0 Å². The third-order valence-corrected chi connectivity index (χ3v) is 3.03. The van der Waals surface area contributed by atoms with Crippen LogP contribution in [0, 0.1) is 0 Å². The first kappa shape index (κ1) is 14.5. The number of benzene rings is 1. The Balaban J connectivity index is 2.31. The summed E-state index contributed by atoms with van der Waals surface area (Å²) >= 11 is 5.70. The van der Waals surface area contributed by atoms with Gasteiger partial charge in [0.15, 0.2) is 0 Å². The predicted octanol–water partition coefficient (Wildman–Crippen LogP) is 3.68. The van der Waals surface area contributed by atoms with E-state index in [1.54, 1.807) is 12.1 Å². The smallest absolute Gasteiger partial charge is 0.257 e. The van der Waals surface area contributed by atoms with Gasteiger partial charge in [-0.25, -0.2) is 9.97 Å². The maximum atomic E-state index is 12.4. The maximum absolute atomic E-state index is 12.4. The Morgan fingerprint density at radius 1 is 1.20 bits per heavy atom. The van der Waals surface area contributed by atoms with Gasteiger partial charge in [0.1, 0.15) is 5.82 Å². The number of rotatable bonds is 2. The lowest BCUT2D eigenvalue weighted by Gasteiger charge is -2.22. The van der Waals surface area contributed by atoms with Gasteiger partial charge in [-0.15, -0.1) is 0 Å². The second-order valence-electron chi connectivity index (χ2n) is 5.46. The van der Waals surface area contributed by atoms with Crippen molar-refractivity contribution in [3.8, 4) is 0 Å². The van der Waals surface area contributed by atoms with Crippen LogP contribution < -0.4 is 5.32 Å². The SMILES string of the molecule is CC(C)(C)c1ccccc1C(=O)Nc1ccnc(Cl)n1. The van der Waals surface area contributed by atoms with Gasteiger partial charge < -0.3 is 5.32 Å². The molecular formula is C15H16ClN3O. The molecule has 0 atom stereocenters. The maximum Gasteiger partial charge on any atom is 0.257 e. The molecule has 0 aliphatic rings. The summed E-state index contributed by atoms with van der Waals surface area (Å²) in [6.45, 7) is 6.21. The molecule has 0 fully saturated rings. The molecule has 4 nitrogen and oxygen atoms in total. The monoisotopic (exact) mass is 289 g/mol. The molecule has 5 heteroatoms. The zero-order chi connectivity index (χ0) is 14.8. The van der Waals surface area contributed by atoms with Crippen LogP contribution >= 0.6 is 11.6 Å². The van der Waals surface area contributed by atoms with Crippen molar-refractivity contribution in [2.45, 2.75) is 26.2 Å². The fourth-order valence-corrected chi connectivity index (χ4v) is 2.07. The molecule has 1 amide bonds. The molecule has 0 radical (unpaired) electrons. The number of carbonyl (C=O) groups excluding carboxylic acids is 1. The van der Waals surface area contributed by atoms with Gasteiger partial charge in [-0.1, -0.05) is 39.0 Å². The summed E-state index contributed by atoms with van der Waals surface area (Å²) in [5.41, 5.74) is 1.50. The van der Waals surface area contributed by atoms with E-state index in [1.165, 1.54) is 6.20 Å². The average molecular weight is 290 g/mol. The van der Waals surface area contributed by atoms with Gasteiger partial charge in [-0.05, 0) is 34.7 Å². The summed E-state index contributed by atoms with van der Waals surface area (Å²) < 4.78 is 0. The molecule has 1 aromatic heterocycles. The van der Waals surface area contributed by atoms with E-state index in [1.807, 2.05) is 18.2 Å². The Morgan fingerprint density at radius 2 is 1.90 bits per heavy atom. The van der Waals surface area contributed by atoms with Crippen molar-refractivity contribution in [3.05, 3.63) is 52.9 Å². The van der Waals surface area contributed by atoms with Gasteiger partial charge in [0.05, 0.1) is 0 Å². The molecule has 0 aliphatic carbocycles. The number of amides is 1. The Morgan fingerprint density at radius 3 is 2.55 bits per heavy atom. The van der Waals surface area contributed by atoms with Crippen LogP contribution in [0.25, 0.3) is 0 Å². The van der Waals surface area contributed by atoms with E-state index in [2.05, 4.69) is 36.1 Å². The second kappa shape index (κ2) is 5.59. The molecule has 0 saturated carbocycles. The topological polar surface area (TPSA) is 54.9 Å². The summed E-state index contributed by atoms with van der Waals surface area (Å²) in [4.78, 5) is 20.1. The molecule has 0 saturated heterocycles. The van der Waals surface area contributed by atoms with Crippen LogP contribution in [0.1, 0.15) is 36.7 Å². The number of hydrogen-bond donors (Lipinski definition) is 1. The largest absolute Gasteiger partial charge is 0.306 e. The summed E-state index contributed by atoms with van der Waals surface area (Å²) in [6, 6.07) is 9.14. The van der Waals surface area contributed by atoms with Crippen molar-refractivity contribution in [1.29, 1.82) is 0 Å². The number of aromatic nitrogens is 2. The molecule has 20 heavy (non-hydrogen) atoms. The highest BCUT2D eigenvalue weighted by molar-refractivity contribution is 6.28. The molecule has 104 valence electrons. The average Bonchev–Trinajstić information content (AvgIpc) is 2.37. The molecule has 2 rings (SSSR count). The third kappa shape index (κ3) is 3.33. The van der Waals surface area contributed by atoms with E-state index in [0.717, 1.165) is 5.56 Å². The molecule has 0 bridgehead atoms. The van der Waals surface area contributed by atoms with E-state index < -0.39 is 0 Å². The first-order chi connectivity index (χ1) is 9.38. The summed E-state index contributed by atoms with van der Waals surface area (Å²) in [5.74, 6) is 0.184. The van der Waals surface area contributed by atoms with Gasteiger partial charge in [0.2, 0.25) is 5.28 Å². The van der Waals surface area contributed by atoms with Crippen LogP contribution in [0.5, 0.6) is 0 Å². The van der Waals surface area contributed by atoms with Gasteiger partial charge in [-0.2, -0.15) is 0 Å². The fraction of sp³-hybridized carbons (Fsp3) is 0.267. The van der Waals surface area contributed by atoms with Crippen molar-refractivity contribution in [2.75, 3.05) is 5.32 Å². The molecule has 1 heterocycles. The van der Waals surface area contributed by atoms with E-state index >= 15 is 0 Å². The minimum atomic E-state index is -0.203. The molecule has 1 aromatic carbocycles. The molecular weight excluding hydrogens is 274 g/mol. The van der Waals surface area contributed by atoms with Gasteiger partial charge in [-0.3, -0.25) is 4.79 Å². The summed E-state index contributed by atoms with van der Waals surface area (Å²) in [6.07, 6.45) is 1.50. The quantitative estimate of drug-likeness (QED) is 0.858. The lowest BCUT2D eigenvalue weighted by molar-refractivity contribution is 0.102. The van der Waals surface area contributed by atoms with Crippen molar-refractivity contribution in [3.63, 3.8) is 0 Å². The highest BCUT2D eigenvalue weighted by atomic mass is 35.5. The van der Waals surface area contributed by atoms with Crippen molar-refractivity contribution >= 4 is 23.3 Å². The summed E-state index contributed by atoms with van der Waals surface area (Å²) in [5, 5.41) is 2.84. The zero-order valence-electron chi connectivity index (χ0n) is 11.6. The highest BCUT2D eigenvalue weighted by Crippen LogP contribution is 2.26. The van der Waals surface area contributed by atoms with E-state index in [4.69, 9.17) is 11.6 Å². The second-order valence-corrected chi connectivity index (χ2v) is 5.80. The van der Waals surface area contributed by atoms with Crippen molar-refractivity contribution in [1.82, 2.24) is 9.97 Å². The molecule has 1 N–H and O–H groups in total. The molecule has 0 unspecified atom stereocenters. The van der Waals surface area contributed by atoms with Crippen LogP contribution in [0.2, 0.25) is 5.28 Å². The fourth-order valence-electron chi connectivity index (χ4n) is 1.92. The number of halogens is 1. The number of hydrogen-bond acceptors (Lipinski definition) is 3. The highest BCUT2D eigenvalue weighted by Gasteiger charge is 2.21. The Hall–Kier alpha value is -1.94. The van der Waals surface area contributed by atoms with E-state index in [0.29, 0.717) is 11.4 Å². The van der Waals surface area contributed by atoms with Gasteiger partial charge >= 0.3 is 0 Å². The zero-order valence-corrected chi connectivity index (χ0v) is 12.4. The number of carbonyl (C=O) groups is 1. The normalized spacial score (nSPS) is 11.2. The molecule has 0 spiro atoms. The standard InChI is InChI=1S/C15H16ClN3O/c1-15(2,3)11-7-5-4-6-10(11)13(20)18-12-8-9-17-14(16)19-12/h4-9H,1-3H3,(H,17,18,19,20). The van der Waals surface area contributed by atoms with Gasteiger partial charge in [0, 0.05) is 11.8 Å². The van der Waals surface area contributed by atoms with Crippen LogP contribution in [-0.2, 0) is 5.41 Å². The van der Waals surface area contributed by atoms with E-state index in [9.17, 15) is 4.79 Å². The first-order valence-electron chi connectivity index (χ1n) is 6.27. The van der Waals surface area contributed by atoms with Crippen LogP contribution in [0.3, 0.4) is 0 Å². The Labute approximate surface area is 123 Å². The minimum Gasteiger partial charge on any atom is -0.306 e. The minimum absolute atomic E-state index is 0.104. The number of anilines is 1. The number of nitrogens with zero attached hydrogens (tertiary/aromatic N) is 2. The third-order valence-electron chi connectivity index (χ3n) is 2.85. The van der Waals surface area contributed by atoms with Crippen LogP contribution in [0.4, 0.5) is 5.82 Å². The van der Waals surface area contributed by atoms with Crippen molar-refractivity contribution < 1.29 is 4.79 Å². The lowest BCUT2D eigenvalue weighted by Crippen LogP contribution is -2.21. The van der Waals surface area contributed by atoms with E-state index in [-0.39, 0.29) is 16.6 Å². The van der Waals surface area contributed by atoms with Gasteiger partial charge in [0.25, 0.3) is 5.91 Å². The Kier molecular flexibility index (Phi) is 4.04. The van der Waals surface area contributed by atoms with Crippen LogP contribution in [-0.4, -0.2) is 15.9 Å². The molecule has 2 aromatic rings. The predicted molar refractivity (Wildman–Crippen MR) is 80.1 cm³/mol. The Bertz CT molecular complexity index is 635. The summed E-state index contributed by atoms with van der Waals surface area (Å²) in [7, 11) is 0. The first-order valence-corrected chi connectivity index (χ1v) is 6.65. The molecule has 0 aliphatic heterocycles. The van der Waals surface area contributed by atoms with Crippen LogP contribution in [0.15, 0.2) is 36.5 Å². The lowest BCUT2D eigenvalue weighted by atomic mass is 9.83.